The van der Waals surface area contributed by atoms with Gasteiger partial charge in [0.2, 0.25) is 0 Å². The van der Waals surface area contributed by atoms with E-state index in [4.69, 9.17) is 66.0 Å². The number of nitrogens with zero attached hydrogens (tertiary/aromatic N) is 8. The Balaban J connectivity index is -0.000000294. The molecule has 0 amide bonds. The minimum absolute atomic E-state index is 0. The zero-order valence-corrected chi connectivity index (χ0v) is 66.8. The summed E-state index contributed by atoms with van der Waals surface area (Å²) >= 11 is 23.3. The van der Waals surface area contributed by atoms with Crippen molar-refractivity contribution in [2.24, 2.45) is 10.3 Å². The van der Waals surface area contributed by atoms with Crippen molar-refractivity contribution in [3.8, 4) is 88.2 Å². The monoisotopic (exact) mass is 2170 g/mol. The predicted molar refractivity (Wildman–Crippen MR) is 387 cm³/mol. The number of carbonyl (C=O) groups excluding carboxylic acids is 2. The molecule has 0 bridgehead atoms. The second kappa shape index (κ2) is 51.7. The van der Waals surface area contributed by atoms with Crippen LogP contribution in [0.25, 0.3) is 0 Å². The van der Waals surface area contributed by atoms with E-state index in [1.165, 1.54) is 58.0 Å². The van der Waals surface area contributed by atoms with Crippen molar-refractivity contribution in [3.63, 3.8) is 0 Å². The van der Waals surface area contributed by atoms with Crippen LogP contribution in [0.5, 0.6) is 51.7 Å². The van der Waals surface area contributed by atoms with Gasteiger partial charge in [-0.3, -0.25) is 9.59 Å². The van der Waals surface area contributed by atoms with Crippen molar-refractivity contribution >= 4 is 227 Å². The van der Waals surface area contributed by atoms with Gasteiger partial charge in [-0.15, -0.1) is 24.0 Å². The molecular weight excluding hydrogens is 2120 g/mol. The number of nitriles is 6. The summed E-state index contributed by atoms with van der Waals surface area (Å²) in [5, 5.41) is 122. The Labute approximate surface area is 612 Å². The van der Waals surface area contributed by atoms with Crippen LogP contribution < -0.4 is 18.9 Å². The number of hydrogen-bond donors (Lipinski definition) is 7. The zero-order valence-electron chi connectivity index (χ0n) is 45.4. The molecule has 0 saturated carbocycles. The number of halogens is 10. The van der Waals surface area contributed by atoms with Gasteiger partial charge in [0.15, 0.2) is 58.6 Å². The molecule has 32 heteroatoms. The van der Waals surface area contributed by atoms with Crippen molar-refractivity contribution in [2.45, 2.75) is 36.6 Å². The first-order chi connectivity index (χ1) is 39.3. The molecule has 0 saturated heterocycles. The van der Waals surface area contributed by atoms with Crippen molar-refractivity contribution in [1.82, 2.24) is 0 Å². The van der Waals surface area contributed by atoms with Gasteiger partial charge in [-0.25, -0.2) is 0 Å². The quantitative estimate of drug-likeness (QED) is 0.0144. The number of benzene rings is 5. The standard InChI is InChI=1S/C10H7BrN2O.C10H8N2O2.C9H9BrN2O4.C9H7BrO4.C9H6N2O2.C2H4I2.C2H5I.CH3I.3HI.V/c1-6-8(5-13)10(11)7(4-12)3-9(6)14-2;1-6-7(4-11)3-9(14-2)10(13)8(6)5-12;1-16-7-2-5(3-11-14)8(10)6(4-12-15)9(7)13;1-14-7-2-5(3-11)8(10)6(4-12)9(7)13;1-5-6(3-10)2-8(12)9(13)7(5)4-11;1-2(3)4;1-2-3;1-2;;;;/h3H,1-2H3;3,13H,1-2H3;2-4,13-15H,1H3;2-4,13H,1H3;2,12-13H,1H3;2H,1H3;2H2,1H3;1H3;3*1H;/q;;;;;;;;;;;+2/p-2/b;;11-3+,12-4+;;;;;;;;;. The SMILES string of the molecule is CC(I)I.CCI.CI.COc1cc(/C=N/O)c(Br)c(/C=N/O)c1O.COc1cc(C#N)c(Br)c(C#N)c1C.COc1cc(C#N)c(C)c(C#N)c1O.COc1cc(C=O)c(Br)c(C=O)c1O.Cc1c(C#N)cc(O)c(O)c1C#N.I.[I][V][I]. The van der Waals surface area contributed by atoms with Gasteiger partial charge in [0.25, 0.3) is 0 Å². The van der Waals surface area contributed by atoms with Crippen LogP contribution in [-0.4, -0.2) is 101 Å². The fourth-order valence-electron chi connectivity index (χ4n) is 5.48. The van der Waals surface area contributed by atoms with E-state index in [9.17, 15) is 30.0 Å². The number of phenols is 5. The van der Waals surface area contributed by atoms with Crippen LogP contribution in [0.3, 0.4) is 0 Å². The van der Waals surface area contributed by atoms with E-state index >= 15 is 0 Å². The van der Waals surface area contributed by atoms with E-state index in [1.54, 1.807) is 26.0 Å². The molecule has 0 atom stereocenters. The number of oxime groups is 2. The fourth-order valence-corrected chi connectivity index (χ4v) is 7.06. The summed E-state index contributed by atoms with van der Waals surface area (Å²) in [6.07, 6.45) is 3.21. The first kappa shape index (κ1) is 89.4. The number of aromatic hydroxyl groups is 5. The summed E-state index contributed by atoms with van der Waals surface area (Å²) in [5.74, 6) is -0.623. The molecule has 0 spiro atoms. The number of rotatable bonds is 8. The second-order valence-electron chi connectivity index (χ2n) is 13.9. The zero-order chi connectivity index (χ0) is 65.3. The molecule has 0 radical (unpaired) electrons. The first-order valence-electron chi connectivity index (χ1n) is 21.6. The van der Waals surface area contributed by atoms with E-state index in [1.807, 2.05) is 35.3 Å². The van der Waals surface area contributed by atoms with Crippen molar-refractivity contribution in [3.05, 3.63) is 116 Å². The predicted octanol–water partition coefficient (Wildman–Crippen LogP) is 15.8. The van der Waals surface area contributed by atoms with Crippen molar-refractivity contribution in [1.29, 1.82) is 31.6 Å². The molecule has 0 aromatic heterocycles. The molecule has 0 aliphatic rings. The maximum absolute atomic E-state index is 10.6. The molecule has 7 N–H and O–H groups in total. The third-order valence-electron chi connectivity index (χ3n) is 9.28. The average molecular weight is 2170 g/mol. The summed E-state index contributed by atoms with van der Waals surface area (Å²) in [6.45, 7) is 9.18. The van der Waals surface area contributed by atoms with Crippen LogP contribution in [0.1, 0.15) is 95.8 Å². The van der Waals surface area contributed by atoms with Crippen molar-refractivity contribution < 1.29 is 73.9 Å². The van der Waals surface area contributed by atoms with E-state index < -0.39 is 11.5 Å². The summed E-state index contributed by atoms with van der Waals surface area (Å²) in [6, 6.07) is 18.3. The number of carbonyl (C=O) groups is 2. The molecule has 5 aromatic carbocycles. The molecule has 0 fully saturated rings. The summed E-state index contributed by atoms with van der Waals surface area (Å²) in [7, 11) is 6.22. The Hall–Kier alpha value is -3.35. The molecule has 0 aliphatic heterocycles. The van der Waals surface area contributed by atoms with Gasteiger partial charge in [-0.05, 0) is 114 Å². The number of hydrogen-bond acceptors (Lipinski definition) is 21. The number of aldehydes is 2. The Morgan fingerprint density at radius 3 is 1.26 bits per heavy atom. The van der Waals surface area contributed by atoms with Crippen LogP contribution in [0.2, 0.25) is 0 Å². The summed E-state index contributed by atoms with van der Waals surface area (Å²) in [4.78, 5) is 23.2. The second-order valence-corrected chi connectivity index (χ2v) is 35.8. The van der Waals surface area contributed by atoms with Gasteiger partial charge in [0.05, 0.1) is 92.8 Å². The molecule has 5 aromatic rings. The van der Waals surface area contributed by atoms with Gasteiger partial charge >= 0.3 is 49.4 Å². The molecular formula is C52H50Br3I7N8O13V. The third kappa shape index (κ3) is 29.6. The van der Waals surface area contributed by atoms with E-state index in [-0.39, 0.29) is 96.3 Å². The number of ether oxygens (including phenoxy) is 4. The normalized spacial score (nSPS) is 8.98. The van der Waals surface area contributed by atoms with E-state index in [0.29, 0.717) is 70.1 Å². The third-order valence-corrected chi connectivity index (χ3v) is 11.9. The number of phenolic OH excluding ortho intramolecular Hbond substituents is 5. The van der Waals surface area contributed by atoms with Crippen LogP contribution in [0.15, 0.2) is 54.1 Å². The fraction of sp³-hybridized carbons (Fsp3) is 0.231. The molecule has 21 nitrogen and oxygen atoms in total. The molecule has 0 aliphatic carbocycles. The molecule has 84 heavy (non-hydrogen) atoms. The van der Waals surface area contributed by atoms with Crippen LogP contribution in [0, 0.1) is 88.8 Å². The Bertz CT molecular complexity index is 3200. The summed E-state index contributed by atoms with van der Waals surface area (Å²) < 4.78 is 22.8. The minimum atomic E-state index is -0.473. The number of alkyl halides is 4. The molecule has 5 rings (SSSR count). The van der Waals surface area contributed by atoms with E-state index in [2.05, 4.69) is 202 Å². The number of methoxy groups -OCH3 is 4. The molecule has 451 valence electrons. The van der Waals surface area contributed by atoms with E-state index in [0.717, 1.165) is 26.0 Å². The summed E-state index contributed by atoms with van der Waals surface area (Å²) in [5.41, 5.74) is 3.91. The van der Waals surface area contributed by atoms with Gasteiger partial charge in [-0.1, -0.05) is 108 Å². The van der Waals surface area contributed by atoms with Gasteiger partial charge in [-0.2, -0.15) is 31.6 Å². The first-order valence-corrected chi connectivity index (χ1v) is 39.2. The van der Waals surface area contributed by atoms with Gasteiger partial charge in [0.1, 0.15) is 41.2 Å². The van der Waals surface area contributed by atoms with Crippen LogP contribution in [-0.2, 0) is 9.47 Å². The maximum atomic E-state index is 10.6. The Morgan fingerprint density at radius 1 is 0.560 bits per heavy atom. The van der Waals surface area contributed by atoms with Crippen molar-refractivity contribution in [2.75, 3.05) is 37.8 Å². The molecule has 0 heterocycles. The van der Waals surface area contributed by atoms with Crippen LogP contribution >= 0.6 is 202 Å². The average Bonchev–Trinajstić information content (AvgIpc) is 3.63. The van der Waals surface area contributed by atoms with Gasteiger partial charge < -0.3 is 54.9 Å². The Kier molecular flexibility index (Phi) is 55.0. The van der Waals surface area contributed by atoms with Crippen LogP contribution in [0.4, 0.5) is 0 Å². The Morgan fingerprint density at radius 2 is 0.905 bits per heavy atom. The molecule has 0 unspecified atom stereocenters. The topological polar surface area (TPSA) is 380 Å². The van der Waals surface area contributed by atoms with Gasteiger partial charge in [0, 0.05) is 37.8 Å².